The van der Waals surface area contributed by atoms with Crippen molar-refractivity contribution in [3.8, 4) is 5.75 Å². The van der Waals surface area contributed by atoms with Gasteiger partial charge in [-0.15, -0.1) is 0 Å². The van der Waals surface area contributed by atoms with Crippen molar-refractivity contribution in [1.29, 1.82) is 0 Å². The van der Waals surface area contributed by atoms with Crippen LogP contribution in [0, 0.1) is 6.92 Å². The first-order valence-electron chi connectivity index (χ1n) is 3.72. The lowest BCUT2D eigenvalue weighted by Crippen LogP contribution is -2.10. The predicted octanol–water partition coefficient (Wildman–Crippen LogP) is 1.33. The van der Waals surface area contributed by atoms with Crippen molar-refractivity contribution >= 4 is 0 Å². The molecule has 0 aliphatic rings. The van der Waals surface area contributed by atoms with E-state index in [1.54, 1.807) is 0 Å². The SMILES string of the molecule is Cc1cccc(OCCN)c1. The first-order chi connectivity index (χ1) is 5.33. The van der Waals surface area contributed by atoms with E-state index in [9.17, 15) is 0 Å². The second-order valence-electron chi connectivity index (χ2n) is 2.45. The molecule has 1 aromatic carbocycles. The summed E-state index contributed by atoms with van der Waals surface area (Å²) in [7, 11) is 0. The zero-order valence-corrected chi connectivity index (χ0v) is 6.71. The third-order valence-corrected chi connectivity index (χ3v) is 1.38. The van der Waals surface area contributed by atoms with Gasteiger partial charge in [-0.3, -0.25) is 0 Å². The van der Waals surface area contributed by atoms with Crippen LogP contribution >= 0.6 is 0 Å². The molecule has 0 heterocycles. The van der Waals surface area contributed by atoms with E-state index in [0.717, 1.165) is 5.75 Å². The lowest BCUT2D eigenvalue weighted by atomic mass is 10.2. The summed E-state index contributed by atoms with van der Waals surface area (Å²) in [5, 5.41) is 0. The van der Waals surface area contributed by atoms with Crippen LogP contribution in [-0.2, 0) is 0 Å². The van der Waals surface area contributed by atoms with Gasteiger partial charge in [-0.1, -0.05) is 12.1 Å². The fourth-order valence-electron chi connectivity index (χ4n) is 0.882. The largest absolute Gasteiger partial charge is 0.492 e. The average molecular weight is 151 g/mol. The van der Waals surface area contributed by atoms with Crippen molar-refractivity contribution in [3.63, 3.8) is 0 Å². The first-order valence-corrected chi connectivity index (χ1v) is 3.72. The molecule has 0 fully saturated rings. The number of rotatable bonds is 3. The lowest BCUT2D eigenvalue weighted by Gasteiger charge is -2.03. The summed E-state index contributed by atoms with van der Waals surface area (Å²) < 4.78 is 5.31. The normalized spacial score (nSPS) is 9.64. The van der Waals surface area contributed by atoms with Gasteiger partial charge in [-0.05, 0) is 24.6 Å². The molecule has 0 aliphatic carbocycles. The lowest BCUT2D eigenvalue weighted by molar-refractivity contribution is 0.328. The molecule has 2 heteroatoms. The first kappa shape index (κ1) is 8.08. The molecule has 60 valence electrons. The van der Waals surface area contributed by atoms with E-state index in [-0.39, 0.29) is 0 Å². The van der Waals surface area contributed by atoms with Gasteiger partial charge in [0.25, 0.3) is 0 Å². The van der Waals surface area contributed by atoms with Crippen molar-refractivity contribution in [2.24, 2.45) is 5.73 Å². The molecule has 1 aromatic rings. The van der Waals surface area contributed by atoms with Crippen LogP contribution in [0.4, 0.5) is 0 Å². The van der Waals surface area contributed by atoms with Crippen LogP contribution in [0.2, 0.25) is 0 Å². The van der Waals surface area contributed by atoms with Crippen molar-refractivity contribution in [2.45, 2.75) is 6.92 Å². The average Bonchev–Trinajstić information content (AvgIpc) is 2.01. The van der Waals surface area contributed by atoms with Gasteiger partial charge in [0.15, 0.2) is 0 Å². The molecule has 0 amide bonds. The number of hydrogen-bond donors (Lipinski definition) is 1. The highest BCUT2D eigenvalue weighted by molar-refractivity contribution is 5.27. The van der Waals surface area contributed by atoms with E-state index in [1.165, 1.54) is 5.56 Å². The number of aryl methyl sites for hydroxylation is 1. The fourth-order valence-corrected chi connectivity index (χ4v) is 0.882. The fraction of sp³-hybridized carbons (Fsp3) is 0.333. The zero-order valence-electron chi connectivity index (χ0n) is 6.71. The Hall–Kier alpha value is -1.02. The van der Waals surface area contributed by atoms with Gasteiger partial charge in [0.1, 0.15) is 12.4 Å². The highest BCUT2D eigenvalue weighted by Gasteiger charge is 1.90. The minimum Gasteiger partial charge on any atom is -0.492 e. The summed E-state index contributed by atoms with van der Waals surface area (Å²) in [4.78, 5) is 0. The summed E-state index contributed by atoms with van der Waals surface area (Å²) in [6, 6.07) is 7.94. The molecule has 0 bridgehead atoms. The third-order valence-electron chi connectivity index (χ3n) is 1.38. The molecule has 0 aliphatic heterocycles. The predicted molar refractivity (Wildman–Crippen MR) is 45.7 cm³/mol. The van der Waals surface area contributed by atoms with Gasteiger partial charge in [0, 0.05) is 6.54 Å². The maximum atomic E-state index is 5.31. The molecule has 0 atom stereocenters. The molecule has 1 rings (SSSR count). The maximum absolute atomic E-state index is 5.31. The molecular weight excluding hydrogens is 138 g/mol. The van der Waals surface area contributed by atoms with Crippen molar-refractivity contribution in [2.75, 3.05) is 13.2 Å². The number of hydrogen-bond acceptors (Lipinski definition) is 2. The number of ether oxygens (including phenoxy) is 1. The smallest absolute Gasteiger partial charge is 0.119 e. The van der Waals surface area contributed by atoms with Crippen LogP contribution in [0.1, 0.15) is 5.56 Å². The third kappa shape index (κ3) is 2.60. The monoisotopic (exact) mass is 151 g/mol. The van der Waals surface area contributed by atoms with Crippen LogP contribution in [0.5, 0.6) is 5.75 Å². The van der Waals surface area contributed by atoms with E-state index >= 15 is 0 Å². The minimum absolute atomic E-state index is 0.563. The Morgan fingerprint density at radius 2 is 2.27 bits per heavy atom. The van der Waals surface area contributed by atoms with Gasteiger partial charge in [-0.25, -0.2) is 0 Å². The summed E-state index contributed by atoms with van der Waals surface area (Å²) in [5.74, 6) is 0.899. The van der Waals surface area contributed by atoms with E-state index in [0.29, 0.717) is 13.2 Å². The van der Waals surface area contributed by atoms with Gasteiger partial charge in [0.05, 0.1) is 0 Å². The minimum atomic E-state index is 0.563. The highest BCUT2D eigenvalue weighted by atomic mass is 16.5. The molecule has 0 unspecified atom stereocenters. The maximum Gasteiger partial charge on any atom is 0.119 e. The van der Waals surface area contributed by atoms with Gasteiger partial charge >= 0.3 is 0 Å². The molecule has 0 radical (unpaired) electrons. The van der Waals surface area contributed by atoms with Crippen LogP contribution in [0.3, 0.4) is 0 Å². The van der Waals surface area contributed by atoms with Crippen LogP contribution in [0.15, 0.2) is 24.3 Å². The molecule has 2 nitrogen and oxygen atoms in total. The van der Waals surface area contributed by atoms with Crippen molar-refractivity contribution in [1.82, 2.24) is 0 Å². The standard InChI is InChI=1S/C9H13NO/c1-8-3-2-4-9(7-8)11-6-5-10/h2-4,7H,5-6,10H2,1H3. The Labute approximate surface area is 67.0 Å². The Balaban J connectivity index is 2.56. The molecule has 11 heavy (non-hydrogen) atoms. The van der Waals surface area contributed by atoms with E-state index in [2.05, 4.69) is 0 Å². The second kappa shape index (κ2) is 3.98. The molecule has 0 aromatic heterocycles. The van der Waals surface area contributed by atoms with Crippen molar-refractivity contribution < 1.29 is 4.74 Å². The topological polar surface area (TPSA) is 35.2 Å². The highest BCUT2D eigenvalue weighted by Crippen LogP contribution is 2.11. The number of benzene rings is 1. The summed E-state index contributed by atoms with van der Waals surface area (Å²) in [6.45, 7) is 3.19. The van der Waals surface area contributed by atoms with Crippen LogP contribution in [-0.4, -0.2) is 13.2 Å². The molecule has 2 N–H and O–H groups in total. The Kier molecular flexibility index (Phi) is 2.93. The number of nitrogens with two attached hydrogens (primary N) is 1. The molecule has 0 saturated carbocycles. The molecule has 0 saturated heterocycles. The second-order valence-corrected chi connectivity index (χ2v) is 2.45. The Bertz CT molecular complexity index is 223. The van der Waals surface area contributed by atoms with Gasteiger partial charge in [-0.2, -0.15) is 0 Å². The van der Waals surface area contributed by atoms with E-state index < -0.39 is 0 Å². The molecular formula is C9H13NO. The van der Waals surface area contributed by atoms with E-state index in [4.69, 9.17) is 10.5 Å². The van der Waals surface area contributed by atoms with Crippen molar-refractivity contribution in [3.05, 3.63) is 29.8 Å². The Morgan fingerprint density at radius 3 is 2.91 bits per heavy atom. The summed E-state index contributed by atoms with van der Waals surface area (Å²) in [6.07, 6.45) is 0. The van der Waals surface area contributed by atoms with Crippen LogP contribution < -0.4 is 10.5 Å². The zero-order chi connectivity index (χ0) is 8.10. The van der Waals surface area contributed by atoms with E-state index in [1.807, 2.05) is 31.2 Å². The Morgan fingerprint density at radius 1 is 1.45 bits per heavy atom. The van der Waals surface area contributed by atoms with Crippen LogP contribution in [0.25, 0.3) is 0 Å². The molecule has 0 spiro atoms. The summed E-state index contributed by atoms with van der Waals surface area (Å²) >= 11 is 0. The van der Waals surface area contributed by atoms with Gasteiger partial charge < -0.3 is 10.5 Å². The quantitative estimate of drug-likeness (QED) is 0.707. The summed E-state index contributed by atoms with van der Waals surface area (Å²) in [5.41, 5.74) is 6.50. The van der Waals surface area contributed by atoms with Gasteiger partial charge in [0.2, 0.25) is 0 Å².